The molecule has 33 heavy (non-hydrogen) atoms. The van der Waals surface area contributed by atoms with Crippen molar-refractivity contribution in [3.8, 4) is 17.1 Å². The van der Waals surface area contributed by atoms with Crippen LogP contribution in [-0.2, 0) is 4.79 Å². The van der Waals surface area contributed by atoms with Crippen LogP contribution in [0.15, 0.2) is 102 Å². The minimum atomic E-state index is -0.382. The summed E-state index contributed by atoms with van der Waals surface area (Å²) in [5, 5.41) is 14.1. The summed E-state index contributed by atoms with van der Waals surface area (Å²) in [6, 6.07) is 29.7. The van der Waals surface area contributed by atoms with E-state index in [2.05, 4.69) is 15.5 Å². The van der Waals surface area contributed by atoms with Crippen LogP contribution >= 0.6 is 11.8 Å². The normalized spacial score (nSPS) is 10.9. The molecule has 0 atom stereocenters. The molecule has 0 bridgehead atoms. The van der Waals surface area contributed by atoms with Crippen LogP contribution in [0.1, 0.15) is 0 Å². The van der Waals surface area contributed by atoms with Gasteiger partial charge in [-0.25, -0.2) is 4.39 Å². The third-order valence-corrected chi connectivity index (χ3v) is 6.06. The zero-order valence-corrected chi connectivity index (χ0v) is 18.3. The third kappa shape index (κ3) is 4.49. The van der Waals surface area contributed by atoms with E-state index in [0.717, 1.165) is 22.1 Å². The Bertz CT molecular complexity index is 1430. The summed E-state index contributed by atoms with van der Waals surface area (Å²) in [6.45, 7) is 0. The van der Waals surface area contributed by atoms with Crippen molar-refractivity contribution in [2.45, 2.75) is 5.16 Å². The zero-order valence-electron chi connectivity index (χ0n) is 17.5. The lowest BCUT2D eigenvalue weighted by Crippen LogP contribution is -2.14. The van der Waals surface area contributed by atoms with E-state index in [4.69, 9.17) is 0 Å². The largest absolute Gasteiger partial charge is 0.325 e. The lowest BCUT2D eigenvalue weighted by Gasteiger charge is -2.11. The van der Waals surface area contributed by atoms with Crippen molar-refractivity contribution >= 4 is 34.1 Å². The van der Waals surface area contributed by atoms with Crippen LogP contribution in [0, 0.1) is 5.82 Å². The molecule has 0 aliphatic carbocycles. The molecule has 0 aliphatic heterocycles. The van der Waals surface area contributed by atoms with E-state index in [1.165, 1.54) is 17.8 Å². The van der Waals surface area contributed by atoms with E-state index in [1.807, 2.05) is 72.8 Å². The van der Waals surface area contributed by atoms with E-state index in [-0.39, 0.29) is 17.5 Å². The molecule has 5 nitrogen and oxygen atoms in total. The highest BCUT2D eigenvalue weighted by molar-refractivity contribution is 7.99. The molecule has 5 aromatic rings. The molecule has 0 spiro atoms. The number of halogens is 1. The lowest BCUT2D eigenvalue weighted by atomic mass is 10.1. The second-order valence-electron chi connectivity index (χ2n) is 7.36. The van der Waals surface area contributed by atoms with Crippen LogP contribution in [0.2, 0.25) is 0 Å². The minimum absolute atomic E-state index is 0.134. The fourth-order valence-corrected chi connectivity index (χ4v) is 4.34. The first-order valence-electron chi connectivity index (χ1n) is 10.4. The Labute approximate surface area is 194 Å². The Kier molecular flexibility index (Phi) is 5.87. The maximum Gasteiger partial charge on any atom is 0.234 e. The van der Waals surface area contributed by atoms with Gasteiger partial charge in [0.2, 0.25) is 5.91 Å². The Morgan fingerprint density at radius 2 is 1.58 bits per heavy atom. The third-order valence-electron chi connectivity index (χ3n) is 5.13. The van der Waals surface area contributed by atoms with E-state index in [1.54, 1.807) is 22.8 Å². The summed E-state index contributed by atoms with van der Waals surface area (Å²) in [5.41, 5.74) is 1.87. The van der Waals surface area contributed by atoms with E-state index in [0.29, 0.717) is 16.5 Å². The predicted molar refractivity (Wildman–Crippen MR) is 130 cm³/mol. The van der Waals surface area contributed by atoms with Crippen LogP contribution < -0.4 is 5.32 Å². The molecule has 0 radical (unpaired) electrons. The van der Waals surface area contributed by atoms with E-state index < -0.39 is 0 Å². The van der Waals surface area contributed by atoms with Crippen molar-refractivity contribution in [1.29, 1.82) is 0 Å². The fraction of sp³-hybridized carbons (Fsp3) is 0.0385. The Morgan fingerprint density at radius 3 is 2.39 bits per heavy atom. The van der Waals surface area contributed by atoms with Gasteiger partial charge in [-0.15, -0.1) is 10.2 Å². The number of fused-ring (bicyclic) bond motifs is 1. The van der Waals surface area contributed by atoms with Crippen molar-refractivity contribution in [2.24, 2.45) is 0 Å². The number of para-hydroxylation sites is 1. The number of nitrogens with one attached hydrogen (secondary N) is 1. The highest BCUT2D eigenvalue weighted by atomic mass is 32.2. The molecule has 5 rings (SSSR count). The van der Waals surface area contributed by atoms with E-state index in [9.17, 15) is 9.18 Å². The van der Waals surface area contributed by atoms with Crippen molar-refractivity contribution in [2.75, 3.05) is 11.1 Å². The quantitative estimate of drug-likeness (QED) is 0.322. The van der Waals surface area contributed by atoms with Gasteiger partial charge >= 0.3 is 0 Å². The average Bonchev–Trinajstić information content (AvgIpc) is 3.27. The summed E-state index contributed by atoms with van der Waals surface area (Å²) < 4.78 is 16.3. The summed E-state index contributed by atoms with van der Waals surface area (Å²) in [7, 11) is 0. The predicted octanol–water partition coefficient (Wildman–Crippen LogP) is 5.96. The molecule has 1 aromatic heterocycles. The monoisotopic (exact) mass is 454 g/mol. The van der Waals surface area contributed by atoms with Crippen molar-refractivity contribution in [3.05, 3.63) is 103 Å². The van der Waals surface area contributed by atoms with Gasteiger partial charge in [-0.1, -0.05) is 72.4 Å². The van der Waals surface area contributed by atoms with Crippen LogP contribution in [0.25, 0.3) is 27.8 Å². The van der Waals surface area contributed by atoms with Crippen molar-refractivity contribution in [1.82, 2.24) is 14.8 Å². The second kappa shape index (κ2) is 9.26. The number of hydrogen-bond donors (Lipinski definition) is 1. The zero-order chi connectivity index (χ0) is 22.6. The molecule has 1 N–H and O–H groups in total. The molecule has 0 aliphatic rings. The highest BCUT2D eigenvalue weighted by Crippen LogP contribution is 2.29. The number of thioether (sulfide) groups is 1. The Balaban J connectivity index is 1.39. The standard InChI is InChI=1S/C26H19FN4OS/c27-23-13-7-6-12-22(23)25-29-30-26(31(25)21-10-2-1-3-11-21)33-17-24(32)28-20-15-14-18-8-4-5-9-19(18)16-20/h1-16H,17H2,(H,28,32). The number of carbonyl (C=O) groups excluding carboxylic acids is 1. The molecule has 4 aromatic carbocycles. The number of anilines is 1. The SMILES string of the molecule is O=C(CSc1nnc(-c2ccccc2F)n1-c1ccccc1)Nc1ccc2ccccc2c1. The van der Waals surface area contributed by atoms with Gasteiger partial charge in [-0.2, -0.15) is 0 Å². The fourth-order valence-electron chi connectivity index (χ4n) is 3.58. The number of hydrogen-bond acceptors (Lipinski definition) is 4. The number of rotatable bonds is 6. The number of nitrogens with zero attached hydrogens (tertiary/aromatic N) is 3. The van der Waals surface area contributed by atoms with E-state index >= 15 is 0 Å². The van der Waals surface area contributed by atoms with Crippen LogP contribution in [0.4, 0.5) is 10.1 Å². The molecule has 1 amide bonds. The smallest absolute Gasteiger partial charge is 0.234 e. The molecule has 0 saturated heterocycles. The summed E-state index contributed by atoms with van der Waals surface area (Å²) in [5.74, 6) is -0.0236. The Hall–Kier alpha value is -3.97. The first kappa shape index (κ1) is 20.9. The van der Waals surface area contributed by atoms with Crippen LogP contribution in [0.3, 0.4) is 0 Å². The molecule has 1 heterocycles. The van der Waals surface area contributed by atoms with Gasteiger partial charge < -0.3 is 5.32 Å². The molecular formula is C26H19FN4OS. The van der Waals surface area contributed by atoms with Gasteiger partial charge in [-0.05, 0) is 47.2 Å². The Morgan fingerprint density at radius 1 is 0.848 bits per heavy atom. The van der Waals surface area contributed by atoms with Gasteiger partial charge in [0.1, 0.15) is 5.82 Å². The second-order valence-corrected chi connectivity index (χ2v) is 8.30. The summed E-state index contributed by atoms with van der Waals surface area (Å²) in [4.78, 5) is 12.7. The maximum atomic E-state index is 14.5. The van der Waals surface area contributed by atoms with Crippen LogP contribution in [0.5, 0.6) is 0 Å². The van der Waals surface area contributed by atoms with Gasteiger partial charge in [0.05, 0.1) is 11.3 Å². The summed E-state index contributed by atoms with van der Waals surface area (Å²) >= 11 is 1.25. The van der Waals surface area contributed by atoms with Gasteiger partial charge in [0, 0.05) is 11.4 Å². The molecule has 0 fully saturated rings. The number of amides is 1. The van der Waals surface area contributed by atoms with Crippen LogP contribution in [-0.4, -0.2) is 26.4 Å². The lowest BCUT2D eigenvalue weighted by molar-refractivity contribution is -0.113. The van der Waals surface area contributed by atoms with Crippen molar-refractivity contribution < 1.29 is 9.18 Å². The van der Waals surface area contributed by atoms with Gasteiger partial charge in [-0.3, -0.25) is 9.36 Å². The van der Waals surface area contributed by atoms with Gasteiger partial charge in [0.25, 0.3) is 0 Å². The first-order chi connectivity index (χ1) is 16.2. The minimum Gasteiger partial charge on any atom is -0.325 e. The average molecular weight is 455 g/mol. The molecule has 7 heteroatoms. The first-order valence-corrected chi connectivity index (χ1v) is 11.3. The van der Waals surface area contributed by atoms with Gasteiger partial charge in [0.15, 0.2) is 11.0 Å². The number of carbonyl (C=O) groups is 1. The molecule has 0 saturated carbocycles. The number of aromatic nitrogens is 3. The topological polar surface area (TPSA) is 59.8 Å². The highest BCUT2D eigenvalue weighted by Gasteiger charge is 2.19. The summed E-state index contributed by atoms with van der Waals surface area (Å²) in [6.07, 6.45) is 0. The molecule has 162 valence electrons. The molecule has 0 unspecified atom stereocenters. The van der Waals surface area contributed by atoms with Crippen molar-refractivity contribution in [3.63, 3.8) is 0 Å². The number of benzene rings is 4. The molecular weight excluding hydrogens is 435 g/mol. The maximum absolute atomic E-state index is 14.5.